The van der Waals surface area contributed by atoms with Gasteiger partial charge in [-0.1, -0.05) is 6.07 Å². The van der Waals surface area contributed by atoms with E-state index in [1.807, 2.05) is 12.1 Å². The maximum Gasteiger partial charge on any atom is 0.150 e. The van der Waals surface area contributed by atoms with Crippen LogP contribution in [0.25, 0.3) is 10.9 Å². The van der Waals surface area contributed by atoms with Gasteiger partial charge in [0.15, 0.2) is 0 Å². The Bertz CT molecular complexity index is 606. The van der Waals surface area contributed by atoms with Gasteiger partial charge in [-0.05, 0) is 24.6 Å². The fourth-order valence-electron chi connectivity index (χ4n) is 2.29. The van der Waals surface area contributed by atoms with E-state index in [2.05, 4.69) is 4.98 Å². The van der Waals surface area contributed by atoms with Crippen LogP contribution in [0.3, 0.4) is 0 Å². The molecular weight excluding hydrogens is 233 g/mol. The van der Waals surface area contributed by atoms with Gasteiger partial charge in [0.1, 0.15) is 17.6 Å². The van der Waals surface area contributed by atoms with Gasteiger partial charge in [-0.2, -0.15) is 0 Å². The standard InChI is InChI=1S/C14H12FNO2/c15-12-6-9(7-17)5-10-1-2-13(16-14(10)12)11-3-4-18-8-11/h1-2,5-7,11H,3-4,8H2/t11-/m0/s1. The quantitative estimate of drug-likeness (QED) is 0.763. The summed E-state index contributed by atoms with van der Waals surface area (Å²) in [6.07, 6.45) is 1.56. The SMILES string of the molecule is O=Cc1cc(F)c2nc([C@H]3CCOC3)ccc2c1. The highest BCUT2D eigenvalue weighted by atomic mass is 19.1. The Labute approximate surface area is 104 Å². The maximum absolute atomic E-state index is 13.8. The number of carbonyl (C=O) groups is 1. The lowest BCUT2D eigenvalue weighted by Crippen LogP contribution is -2.01. The molecule has 1 aliphatic rings. The number of fused-ring (bicyclic) bond motifs is 1. The number of halogens is 1. The summed E-state index contributed by atoms with van der Waals surface area (Å²) in [5, 5.41) is 0.653. The van der Waals surface area contributed by atoms with Gasteiger partial charge in [0.25, 0.3) is 0 Å². The van der Waals surface area contributed by atoms with E-state index in [0.29, 0.717) is 29.4 Å². The third-order valence-corrected chi connectivity index (χ3v) is 3.27. The molecule has 1 aliphatic heterocycles. The van der Waals surface area contributed by atoms with Crippen molar-refractivity contribution in [3.8, 4) is 0 Å². The van der Waals surface area contributed by atoms with Crippen LogP contribution in [0.5, 0.6) is 0 Å². The highest BCUT2D eigenvalue weighted by Gasteiger charge is 2.19. The molecule has 3 nitrogen and oxygen atoms in total. The van der Waals surface area contributed by atoms with E-state index in [1.54, 1.807) is 6.07 Å². The van der Waals surface area contributed by atoms with Crippen molar-refractivity contribution in [2.45, 2.75) is 12.3 Å². The summed E-state index contributed by atoms with van der Waals surface area (Å²) in [4.78, 5) is 15.0. The number of nitrogens with zero attached hydrogens (tertiary/aromatic N) is 1. The number of pyridine rings is 1. The fraction of sp³-hybridized carbons (Fsp3) is 0.286. The highest BCUT2D eigenvalue weighted by molar-refractivity contribution is 5.87. The first-order valence-corrected chi connectivity index (χ1v) is 5.91. The average Bonchev–Trinajstić information content (AvgIpc) is 2.92. The number of aldehydes is 1. The summed E-state index contributed by atoms with van der Waals surface area (Å²) in [5.41, 5.74) is 1.52. The second-order valence-electron chi connectivity index (χ2n) is 4.49. The monoisotopic (exact) mass is 245 g/mol. The first-order chi connectivity index (χ1) is 8.78. The molecule has 1 aromatic carbocycles. The molecule has 1 aromatic heterocycles. The van der Waals surface area contributed by atoms with Gasteiger partial charge in [-0.25, -0.2) is 9.37 Å². The molecule has 0 aliphatic carbocycles. The first-order valence-electron chi connectivity index (χ1n) is 5.91. The number of carbonyl (C=O) groups excluding carboxylic acids is 1. The third kappa shape index (κ3) is 1.88. The minimum Gasteiger partial charge on any atom is -0.381 e. The van der Waals surface area contributed by atoms with Crippen molar-refractivity contribution in [2.75, 3.05) is 13.2 Å². The number of benzene rings is 1. The second-order valence-corrected chi connectivity index (χ2v) is 4.49. The molecule has 0 radical (unpaired) electrons. The lowest BCUT2D eigenvalue weighted by molar-refractivity contribution is 0.112. The molecule has 0 spiro atoms. The predicted octanol–water partition coefficient (Wildman–Crippen LogP) is 2.69. The van der Waals surface area contributed by atoms with Crippen LogP contribution in [0.1, 0.15) is 28.4 Å². The lowest BCUT2D eigenvalue weighted by atomic mass is 10.0. The number of hydrogen-bond donors (Lipinski definition) is 0. The van der Waals surface area contributed by atoms with E-state index < -0.39 is 5.82 Å². The molecule has 0 saturated carbocycles. The van der Waals surface area contributed by atoms with Gasteiger partial charge in [0.05, 0.1) is 6.61 Å². The van der Waals surface area contributed by atoms with Crippen molar-refractivity contribution in [1.82, 2.24) is 4.98 Å². The molecule has 92 valence electrons. The molecule has 1 atom stereocenters. The molecule has 3 rings (SSSR count). The summed E-state index contributed by atoms with van der Waals surface area (Å²) >= 11 is 0. The van der Waals surface area contributed by atoms with Gasteiger partial charge >= 0.3 is 0 Å². The Morgan fingerprint density at radius 2 is 2.28 bits per heavy atom. The van der Waals surface area contributed by atoms with Crippen LogP contribution in [-0.2, 0) is 4.74 Å². The first kappa shape index (κ1) is 11.3. The average molecular weight is 245 g/mol. The van der Waals surface area contributed by atoms with Crippen LogP contribution in [0.2, 0.25) is 0 Å². The molecule has 18 heavy (non-hydrogen) atoms. The van der Waals surface area contributed by atoms with Crippen LogP contribution in [0.4, 0.5) is 4.39 Å². The number of aromatic nitrogens is 1. The van der Waals surface area contributed by atoms with E-state index in [1.165, 1.54) is 6.07 Å². The Hall–Kier alpha value is -1.81. The minimum atomic E-state index is -0.449. The summed E-state index contributed by atoms with van der Waals surface area (Å²) in [6, 6.07) is 6.56. The zero-order chi connectivity index (χ0) is 12.5. The molecule has 2 aromatic rings. The Morgan fingerprint density at radius 3 is 3.00 bits per heavy atom. The molecule has 0 amide bonds. The second kappa shape index (κ2) is 4.46. The van der Waals surface area contributed by atoms with Crippen molar-refractivity contribution in [2.24, 2.45) is 0 Å². The van der Waals surface area contributed by atoms with Gasteiger partial charge < -0.3 is 4.74 Å². The van der Waals surface area contributed by atoms with Crippen LogP contribution in [0, 0.1) is 5.82 Å². The van der Waals surface area contributed by atoms with E-state index in [4.69, 9.17) is 4.74 Å². The Balaban J connectivity index is 2.11. The van der Waals surface area contributed by atoms with Crippen molar-refractivity contribution in [3.05, 3.63) is 41.3 Å². The van der Waals surface area contributed by atoms with E-state index in [-0.39, 0.29) is 5.92 Å². The van der Waals surface area contributed by atoms with Gasteiger partial charge in [-0.3, -0.25) is 4.79 Å². The molecule has 0 bridgehead atoms. The third-order valence-electron chi connectivity index (χ3n) is 3.27. The summed E-state index contributed by atoms with van der Waals surface area (Å²) < 4.78 is 19.2. The fourth-order valence-corrected chi connectivity index (χ4v) is 2.29. The van der Waals surface area contributed by atoms with Crippen LogP contribution >= 0.6 is 0 Å². The lowest BCUT2D eigenvalue weighted by Gasteiger charge is -2.08. The van der Waals surface area contributed by atoms with Crippen molar-refractivity contribution < 1.29 is 13.9 Å². The van der Waals surface area contributed by atoms with E-state index in [0.717, 1.165) is 18.7 Å². The summed E-state index contributed by atoms with van der Waals surface area (Å²) in [5.74, 6) is -0.199. The van der Waals surface area contributed by atoms with Crippen LogP contribution in [0.15, 0.2) is 24.3 Å². The zero-order valence-electron chi connectivity index (χ0n) is 9.73. The maximum atomic E-state index is 13.8. The van der Waals surface area contributed by atoms with Crippen LogP contribution < -0.4 is 0 Å². The summed E-state index contributed by atoms with van der Waals surface area (Å²) in [6.45, 7) is 1.38. The Morgan fingerprint density at radius 1 is 1.39 bits per heavy atom. The highest BCUT2D eigenvalue weighted by Crippen LogP contribution is 2.26. The molecule has 1 saturated heterocycles. The van der Waals surface area contributed by atoms with Crippen molar-refractivity contribution in [1.29, 1.82) is 0 Å². The topological polar surface area (TPSA) is 39.2 Å². The molecule has 0 unspecified atom stereocenters. The smallest absolute Gasteiger partial charge is 0.150 e. The number of ether oxygens (including phenoxy) is 1. The van der Waals surface area contributed by atoms with Gasteiger partial charge in [0, 0.05) is 29.2 Å². The molecular formula is C14H12FNO2. The molecule has 4 heteroatoms. The van der Waals surface area contributed by atoms with E-state index >= 15 is 0 Å². The van der Waals surface area contributed by atoms with E-state index in [9.17, 15) is 9.18 Å². The minimum absolute atomic E-state index is 0.250. The van der Waals surface area contributed by atoms with Crippen molar-refractivity contribution >= 4 is 17.2 Å². The predicted molar refractivity (Wildman–Crippen MR) is 65.3 cm³/mol. The summed E-state index contributed by atoms with van der Waals surface area (Å²) in [7, 11) is 0. The Kier molecular flexibility index (Phi) is 2.80. The van der Waals surface area contributed by atoms with Gasteiger partial charge in [-0.15, -0.1) is 0 Å². The van der Waals surface area contributed by atoms with Crippen molar-refractivity contribution in [3.63, 3.8) is 0 Å². The van der Waals surface area contributed by atoms with Gasteiger partial charge in [0.2, 0.25) is 0 Å². The van der Waals surface area contributed by atoms with Crippen LogP contribution in [-0.4, -0.2) is 24.5 Å². The largest absolute Gasteiger partial charge is 0.381 e. The normalized spacial score (nSPS) is 19.3. The molecule has 0 N–H and O–H groups in total. The number of rotatable bonds is 2. The number of hydrogen-bond acceptors (Lipinski definition) is 3. The molecule has 2 heterocycles. The zero-order valence-corrected chi connectivity index (χ0v) is 9.73. The molecule has 1 fully saturated rings.